The van der Waals surface area contributed by atoms with E-state index in [2.05, 4.69) is 11.4 Å². The Kier molecular flexibility index (Phi) is 2.54. The molecule has 0 bridgehead atoms. The number of benzene rings is 1. The van der Waals surface area contributed by atoms with Crippen LogP contribution in [0, 0.1) is 11.3 Å². The number of methoxy groups -OCH3 is 1. The zero-order valence-electron chi connectivity index (χ0n) is 7.09. The first-order valence-electron chi connectivity index (χ1n) is 3.58. The quantitative estimate of drug-likeness (QED) is 0.718. The predicted octanol–water partition coefficient (Wildman–Crippen LogP) is 1.61. The molecule has 1 aromatic rings. The summed E-state index contributed by atoms with van der Waals surface area (Å²) in [6.07, 6.45) is 0. The molecule has 12 heavy (non-hydrogen) atoms. The van der Waals surface area contributed by atoms with Gasteiger partial charge in [-0.2, -0.15) is 5.26 Å². The molecule has 0 aromatic heterocycles. The minimum Gasteiger partial charge on any atom is -0.493 e. The maximum atomic E-state index is 8.71. The molecule has 0 saturated carbocycles. The van der Waals surface area contributed by atoms with Gasteiger partial charge in [0.1, 0.15) is 6.07 Å². The Morgan fingerprint density at radius 1 is 1.50 bits per heavy atom. The Hall–Kier alpha value is -1.69. The van der Waals surface area contributed by atoms with Gasteiger partial charge in [-0.15, -0.1) is 0 Å². The average Bonchev–Trinajstić information content (AvgIpc) is 2.16. The second-order valence-electron chi connectivity index (χ2n) is 2.25. The van der Waals surface area contributed by atoms with Gasteiger partial charge in [-0.25, -0.2) is 0 Å². The van der Waals surface area contributed by atoms with E-state index >= 15 is 0 Å². The van der Waals surface area contributed by atoms with Crippen molar-refractivity contribution in [3.63, 3.8) is 0 Å². The van der Waals surface area contributed by atoms with E-state index in [1.165, 1.54) is 0 Å². The molecule has 0 radical (unpaired) electrons. The van der Waals surface area contributed by atoms with E-state index < -0.39 is 0 Å². The lowest BCUT2D eigenvalue weighted by atomic mass is 10.2. The van der Waals surface area contributed by atoms with Crippen LogP contribution >= 0.6 is 0 Å². The van der Waals surface area contributed by atoms with Crippen LogP contribution in [0.4, 0.5) is 5.69 Å². The summed E-state index contributed by atoms with van der Waals surface area (Å²) >= 11 is 0. The van der Waals surface area contributed by atoms with Crippen LogP contribution in [0.1, 0.15) is 5.56 Å². The maximum absolute atomic E-state index is 8.71. The molecule has 1 rings (SSSR count). The molecular weight excluding hydrogens is 152 g/mol. The van der Waals surface area contributed by atoms with Gasteiger partial charge < -0.3 is 10.1 Å². The average molecular weight is 162 g/mol. The molecule has 1 aromatic carbocycles. The van der Waals surface area contributed by atoms with Crippen molar-refractivity contribution in [1.29, 1.82) is 5.26 Å². The molecule has 0 amide bonds. The first-order chi connectivity index (χ1) is 5.83. The summed E-state index contributed by atoms with van der Waals surface area (Å²) < 4.78 is 5.07. The van der Waals surface area contributed by atoms with Crippen molar-refractivity contribution in [3.05, 3.63) is 23.8 Å². The third-order valence-electron chi connectivity index (χ3n) is 1.61. The molecule has 3 nitrogen and oxygen atoms in total. The number of anilines is 1. The minimum atomic E-state index is 0.546. The van der Waals surface area contributed by atoms with Crippen LogP contribution < -0.4 is 10.1 Å². The second-order valence-corrected chi connectivity index (χ2v) is 2.25. The number of ether oxygens (including phenoxy) is 1. The molecule has 0 aliphatic carbocycles. The van der Waals surface area contributed by atoms with Gasteiger partial charge in [0, 0.05) is 7.05 Å². The Bertz CT molecular complexity index is 315. The molecule has 3 heteroatoms. The summed E-state index contributed by atoms with van der Waals surface area (Å²) in [7, 11) is 3.34. The zero-order valence-corrected chi connectivity index (χ0v) is 7.09. The SMILES string of the molecule is CNc1cccc(C#N)c1OC. The topological polar surface area (TPSA) is 45.0 Å². The summed E-state index contributed by atoms with van der Waals surface area (Å²) in [6.45, 7) is 0. The largest absolute Gasteiger partial charge is 0.493 e. The van der Waals surface area contributed by atoms with Gasteiger partial charge in [-0.1, -0.05) is 6.07 Å². The van der Waals surface area contributed by atoms with Crippen LogP contribution in [0.15, 0.2) is 18.2 Å². The lowest BCUT2D eigenvalue weighted by Gasteiger charge is -2.08. The lowest BCUT2D eigenvalue weighted by Crippen LogP contribution is -1.95. The van der Waals surface area contributed by atoms with Gasteiger partial charge in [0.05, 0.1) is 18.4 Å². The van der Waals surface area contributed by atoms with Gasteiger partial charge >= 0.3 is 0 Å². The van der Waals surface area contributed by atoms with Crippen LogP contribution in [0.2, 0.25) is 0 Å². The van der Waals surface area contributed by atoms with E-state index in [0.29, 0.717) is 11.3 Å². The number of hydrogen-bond donors (Lipinski definition) is 1. The van der Waals surface area contributed by atoms with E-state index in [9.17, 15) is 0 Å². The van der Waals surface area contributed by atoms with Crippen molar-refractivity contribution in [2.45, 2.75) is 0 Å². The van der Waals surface area contributed by atoms with Crippen molar-refractivity contribution in [2.75, 3.05) is 19.5 Å². The predicted molar refractivity (Wildman–Crippen MR) is 47.3 cm³/mol. The highest BCUT2D eigenvalue weighted by atomic mass is 16.5. The van der Waals surface area contributed by atoms with Crippen LogP contribution in [-0.2, 0) is 0 Å². The van der Waals surface area contributed by atoms with Crippen LogP contribution in [0.25, 0.3) is 0 Å². The maximum Gasteiger partial charge on any atom is 0.159 e. The fraction of sp³-hybridized carbons (Fsp3) is 0.222. The monoisotopic (exact) mass is 162 g/mol. The fourth-order valence-electron chi connectivity index (χ4n) is 1.04. The number of nitrogens with one attached hydrogen (secondary N) is 1. The molecule has 0 unspecified atom stereocenters. The van der Waals surface area contributed by atoms with Crippen molar-refractivity contribution in [1.82, 2.24) is 0 Å². The third-order valence-corrected chi connectivity index (χ3v) is 1.61. The molecule has 0 spiro atoms. The Morgan fingerprint density at radius 2 is 2.25 bits per heavy atom. The fourth-order valence-corrected chi connectivity index (χ4v) is 1.04. The van der Waals surface area contributed by atoms with E-state index in [-0.39, 0.29) is 0 Å². The van der Waals surface area contributed by atoms with E-state index in [0.717, 1.165) is 5.69 Å². The zero-order chi connectivity index (χ0) is 8.97. The van der Waals surface area contributed by atoms with E-state index in [1.807, 2.05) is 12.1 Å². The van der Waals surface area contributed by atoms with E-state index in [1.54, 1.807) is 20.2 Å². The Balaban J connectivity index is 3.24. The minimum absolute atomic E-state index is 0.546. The standard InChI is InChI=1S/C9H10N2O/c1-11-8-5-3-4-7(6-10)9(8)12-2/h3-5,11H,1-2H3. The first kappa shape index (κ1) is 8.41. The highest BCUT2D eigenvalue weighted by molar-refractivity contribution is 5.63. The third kappa shape index (κ3) is 1.32. The number of nitriles is 1. The molecular formula is C9H10N2O. The van der Waals surface area contributed by atoms with E-state index in [4.69, 9.17) is 10.00 Å². The lowest BCUT2D eigenvalue weighted by molar-refractivity contribution is 0.415. The molecule has 62 valence electrons. The molecule has 0 saturated heterocycles. The van der Waals surface area contributed by atoms with Crippen LogP contribution in [0.3, 0.4) is 0 Å². The van der Waals surface area contributed by atoms with Crippen molar-refractivity contribution >= 4 is 5.69 Å². The van der Waals surface area contributed by atoms with Crippen LogP contribution in [-0.4, -0.2) is 14.2 Å². The number of para-hydroxylation sites is 1. The van der Waals surface area contributed by atoms with Gasteiger partial charge in [0.2, 0.25) is 0 Å². The highest BCUT2D eigenvalue weighted by Gasteiger charge is 2.05. The van der Waals surface area contributed by atoms with Crippen LogP contribution in [0.5, 0.6) is 5.75 Å². The summed E-state index contributed by atoms with van der Waals surface area (Å²) in [4.78, 5) is 0. The molecule has 0 fully saturated rings. The number of hydrogen-bond acceptors (Lipinski definition) is 3. The molecule has 0 heterocycles. The number of nitrogens with zero attached hydrogens (tertiary/aromatic N) is 1. The molecule has 0 aliphatic rings. The Labute approximate surface area is 71.6 Å². The van der Waals surface area contributed by atoms with Crippen molar-refractivity contribution in [3.8, 4) is 11.8 Å². The molecule has 0 aliphatic heterocycles. The van der Waals surface area contributed by atoms with Gasteiger partial charge in [0.15, 0.2) is 5.75 Å². The van der Waals surface area contributed by atoms with Gasteiger partial charge in [0.25, 0.3) is 0 Å². The molecule has 0 atom stereocenters. The summed E-state index contributed by atoms with van der Waals surface area (Å²) in [5.41, 5.74) is 1.38. The number of rotatable bonds is 2. The summed E-state index contributed by atoms with van der Waals surface area (Å²) in [6, 6.07) is 7.45. The van der Waals surface area contributed by atoms with Gasteiger partial charge in [-0.3, -0.25) is 0 Å². The molecule has 1 N–H and O–H groups in total. The summed E-state index contributed by atoms with van der Waals surface area (Å²) in [5.74, 6) is 0.600. The summed E-state index contributed by atoms with van der Waals surface area (Å²) in [5, 5.41) is 11.7. The van der Waals surface area contributed by atoms with Crippen molar-refractivity contribution in [2.24, 2.45) is 0 Å². The first-order valence-corrected chi connectivity index (χ1v) is 3.58. The smallest absolute Gasteiger partial charge is 0.159 e. The Morgan fingerprint density at radius 3 is 2.75 bits per heavy atom. The van der Waals surface area contributed by atoms with Gasteiger partial charge in [-0.05, 0) is 12.1 Å². The highest BCUT2D eigenvalue weighted by Crippen LogP contribution is 2.27. The second kappa shape index (κ2) is 3.63. The normalized spacial score (nSPS) is 8.75. The van der Waals surface area contributed by atoms with Crippen molar-refractivity contribution < 1.29 is 4.74 Å².